The summed E-state index contributed by atoms with van der Waals surface area (Å²) in [4.78, 5) is 15.1. The number of phenolic OH excluding ortho intramolecular Hbond substituents is 3. The number of hydrogen-bond acceptors (Lipinski definition) is 9. The van der Waals surface area contributed by atoms with Crippen molar-refractivity contribution < 1.29 is 40.2 Å². The smallest absolute Gasteiger partial charge is 0.160 e. The fraction of sp³-hybridized carbons (Fsp3) is 0.576. The minimum atomic E-state index is -1.12. The third-order valence-electron chi connectivity index (χ3n) is 20.4. The van der Waals surface area contributed by atoms with Crippen LogP contribution in [0.25, 0.3) is 0 Å². The van der Waals surface area contributed by atoms with E-state index >= 15 is 4.79 Å². The summed E-state index contributed by atoms with van der Waals surface area (Å²) < 4.78 is 5.59. The van der Waals surface area contributed by atoms with Gasteiger partial charge in [0.1, 0.15) is 5.78 Å². The lowest BCUT2D eigenvalue weighted by molar-refractivity contribution is -0.192. The van der Waals surface area contributed by atoms with E-state index in [-0.39, 0.29) is 76.9 Å². The maximum Gasteiger partial charge on any atom is 0.160 e. The van der Waals surface area contributed by atoms with Crippen LogP contribution in [0.5, 0.6) is 23.0 Å². The Morgan fingerprint density at radius 2 is 1.72 bits per heavy atom. The molecule has 0 aromatic heterocycles. The molecule has 356 valence electrons. The summed E-state index contributed by atoms with van der Waals surface area (Å²) in [5.74, 6) is 14.2. The molecule has 1 heterocycles. The van der Waals surface area contributed by atoms with Crippen LogP contribution in [0.15, 0.2) is 66.2 Å². The summed E-state index contributed by atoms with van der Waals surface area (Å²) in [6.45, 7) is 0.145. The Balaban J connectivity index is 1.11. The van der Waals surface area contributed by atoms with E-state index in [9.17, 15) is 30.6 Å². The van der Waals surface area contributed by atoms with Crippen molar-refractivity contribution in [1.29, 1.82) is 0 Å². The second-order valence-electron chi connectivity index (χ2n) is 22.9. The Morgan fingerprint density at radius 3 is 2.54 bits per heavy atom. The number of aromatic hydroxyl groups is 3. The number of aliphatic hydroxyl groups is 3. The quantitative estimate of drug-likeness (QED) is 0.0756. The zero-order valence-corrected chi connectivity index (χ0v) is 39.4. The number of carbonyl (C=O) groups is 1. The number of benzene rings is 3. The second kappa shape index (κ2) is 16.1. The first kappa shape index (κ1) is 44.4. The SMILES string of the molecule is COc1cc(C2CC(=O)CC(O)C3C(C#CC2Cc2ccccc2)CNC2CCC45CC67CCCC6C=C4CCC4(O)CCCCC4CC#CC54CC7c5cc(O)c(O)cc5C234)c(CO)cc1O. The standard InChI is InChI=1S/C59H67NO8/c1-68-52-29-44(38(33-61)24-50(52)65)43-26-42(62)27-51(66)54-37(15-14-36(43)23-35-9-3-2-4-10-35)32-60-53-17-21-56-34-55-18-7-13-40(55)25-41(56)16-22-57(67)19-6-5-11-39(57)12-8-20-58(56)31-47(55)45-28-48(63)49(64)30-46(45)59(53,54)58/h2-4,9-10,24-25,28-30,36-37,39-40,43,47,51,53-54,60-61,63-67H,5-7,11-13,16-19,21-23,26-27,31-34H2,1H3. The molecule has 1 saturated heterocycles. The van der Waals surface area contributed by atoms with Crippen molar-refractivity contribution in [3.8, 4) is 46.7 Å². The van der Waals surface area contributed by atoms with Gasteiger partial charge in [0.2, 0.25) is 0 Å². The van der Waals surface area contributed by atoms with Crippen molar-refractivity contribution in [2.75, 3.05) is 13.7 Å². The van der Waals surface area contributed by atoms with Gasteiger partial charge in [-0.15, -0.1) is 5.92 Å². The molecule has 14 atom stereocenters. The number of fused-ring (bicyclic) bond motifs is 5. The first-order valence-electron chi connectivity index (χ1n) is 25.9. The molecule has 68 heavy (non-hydrogen) atoms. The van der Waals surface area contributed by atoms with Crippen molar-refractivity contribution >= 4 is 5.78 Å². The van der Waals surface area contributed by atoms with Gasteiger partial charge in [-0.3, -0.25) is 4.79 Å². The lowest BCUT2D eigenvalue weighted by atomic mass is 9.25. The maximum atomic E-state index is 15.1. The molecule has 14 unspecified atom stereocenters. The molecule has 7 N–H and O–H groups in total. The summed E-state index contributed by atoms with van der Waals surface area (Å²) in [5, 5.41) is 75.0. The van der Waals surface area contributed by atoms with Gasteiger partial charge >= 0.3 is 0 Å². The van der Waals surface area contributed by atoms with E-state index in [1.54, 1.807) is 6.07 Å². The van der Waals surface area contributed by atoms with Crippen LogP contribution in [-0.4, -0.2) is 67.8 Å². The van der Waals surface area contributed by atoms with Crippen molar-refractivity contribution in [3.63, 3.8) is 0 Å². The predicted molar refractivity (Wildman–Crippen MR) is 258 cm³/mol. The average Bonchev–Trinajstić information content (AvgIpc) is 3.74. The molecule has 9 heteroatoms. The molecule has 3 aromatic rings. The van der Waals surface area contributed by atoms with Gasteiger partial charge in [0, 0.05) is 66.4 Å². The Labute approximate surface area is 400 Å². The fourth-order valence-electron chi connectivity index (χ4n) is 17.8. The molecule has 4 bridgehead atoms. The van der Waals surface area contributed by atoms with Crippen LogP contribution in [0.1, 0.15) is 142 Å². The Kier molecular flexibility index (Phi) is 10.5. The van der Waals surface area contributed by atoms with E-state index in [4.69, 9.17) is 4.74 Å². The van der Waals surface area contributed by atoms with Gasteiger partial charge in [-0.1, -0.05) is 79.0 Å². The summed E-state index contributed by atoms with van der Waals surface area (Å²) in [6, 6.07) is 16.9. The zero-order valence-electron chi connectivity index (χ0n) is 39.4. The van der Waals surface area contributed by atoms with Gasteiger partial charge in [-0.2, -0.15) is 0 Å². The third kappa shape index (κ3) is 6.14. The third-order valence-corrected chi connectivity index (χ3v) is 20.4. The normalized spacial score (nSPS) is 40.7. The van der Waals surface area contributed by atoms with Crippen molar-refractivity contribution in [3.05, 3.63) is 94.1 Å². The molecule has 4 saturated carbocycles. The predicted octanol–water partition coefficient (Wildman–Crippen LogP) is 8.61. The molecule has 3 aromatic carbocycles. The average molecular weight is 918 g/mol. The zero-order chi connectivity index (χ0) is 46.8. The number of rotatable bonds is 5. The van der Waals surface area contributed by atoms with Crippen molar-refractivity contribution in [2.45, 2.75) is 151 Å². The van der Waals surface area contributed by atoms with Crippen LogP contribution in [0, 0.1) is 69.5 Å². The highest BCUT2D eigenvalue weighted by atomic mass is 16.5. The van der Waals surface area contributed by atoms with Gasteiger partial charge in [-0.05, 0) is 146 Å². The van der Waals surface area contributed by atoms with Crippen LogP contribution in [0.2, 0.25) is 0 Å². The molecular formula is C59H67NO8. The number of aliphatic hydroxyl groups excluding tert-OH is 2. The Morgan fingerprint density at radius 1 is 0.882 bits per heavy atom. The van der Waals surface area contributed by atoms with Gasteiger partial charge in [0.15, 0.2) is 23.0 Å². The molecular weight excluding hydrogens is 851 g/mol. The van der Waals surface area contributed by atoms with Gasteiger partial charge in [0.05, 0.1) is 30.8 Å². The van der Waals surface area contributed by atoms with Gasteiger partial charge in [0.25, 0.3) is 0 Å². The Bertz CT molecular complexity index is 2710. The van der Waals surface area contributed by atoms with Crippen LogP contribution < -0.4 is 10.1 Å². The first-order chi connectivity index (χ1) is 32.9. The molecule has 0 amide bonds. The van der Waals surface area contributed by atoms with E-state index in [2.05, 4.69) is 47.2 Å². The molecule has 4 spiro atoms. The monoisotopic (exact) mass is 917 g/mol. The summed E-state index contributed by atoms with van der Waals surface area (Å²) in [7, 11) is 1.49. The second-order valence-corrected chi connectivity index (χ2v) is 22.9. The van der Waals surface area contributed by atoms with Crippen LogP contribution in [0.4, 0.5) is 0 Å². The van der Waals surface area contributed by atoms with Gasteiger partial charge < -0.3 is 40.7 Å². The maximum absolute atomic E-state index is 15.1. The number of Topliss-reactive ketones (excluding diaryl/α,β-unsaturated/α-hetero) is 1. The van der Waals surface area contributed by atoms with Crippen LogP contribution >= 0.6 is 0 Å². The minimum absolute atomic E-state index is 0.0497. The first-order valence-corrected chi connectivity index (χ1v) is 25.9. The number of ketones is 1. The number of allylic oxidation sites excluding steroid dienone is 2. The fourth-order valence-corrected chi connectivity index (χ4v) is 17.8. The highest BCUT2D eigenvalue weighted by Gasteiger charge is 2.81. The number of methoxy groups -OCH3 is 1. The largest absolute Gasteiger partial charge is 0.504 e. The van der Waals surface area contributed by atoms with E-state index in [1.165, 1.54) is 18.7 Å². The highest BCUT2D eigenvalue weighted by molar-refractivity contribution is 5.80. The number of piperidine rings is 1. The van der Waals surface area contributed by atoms with E-state index < -0.39 is 46.2 Å². The highest BCUT2D eigenvalue weighted by Crippen LogP contribution is 2.84. The molecule has 5 fully saturated rings. The van der Waals surface area contributed by atoms with Crippen LogP contribution in [-0.2, 0) is 23.2 Å². The molecule has 0 radical (unpaired) electrons. The topological polar surface area (TPSA) is 160 Å². The van der Waals surface area contributed by atoms with E-state index in [0.29, 0.717) is 36.4 Å². The molecule has 8 aliphatic carbocycles. The molecule has 9 aliphatic rings. The number of hydrogen-bond donors (Lipinski definition) is 7. The summed E-state index contributed by atoms with van der Waals surface area (Å²) in [6.07, 6.45) is 14.8. The number of ether oxygens (including phenoxy) is 1. The number of phenols is 3. The van der Waals surface area contributed by atoms with E-state index in [1.807, 2.05) is 30.3 Å². The molecule has 9 nitrogen and oxygen atoms in total. The number of carbonyl (C=O) groups excluding carboxylic acids is 1. The van der Waals surface area contributed by atoms with Crippen molar-refractivity contribution in [1.82, 2.24) is 5.32 Å². The minimum Gasteiger partial charge on any atom is -0.504 e. The van der Waals surface area contributed by atoms with Gasteiger partial charge in [-0.25, -0.2) is 0 Å². The summed E-state index contributed by atoms with van der Waals surface area (Å²) in [5.41, 5.74) is 2.85. The van der Waals surface area contributed by atoms with E-state index in [0.717, 1.165) is 100 Å². The Hall–Kier alpha value is -4.77. The molecule has 12 rings (SSSR count). The van der Waals surface area contributed by atoms with Crippen LogP contribution in [0.3, 0.4) is 0 Å². The summed E-state index contributed by atoms with van der Waals surface area (Å²) >= 11 is 0. The number of nitrogens with one attached hydrogen (secondary N) is 1. The lowest BCUT2D eigenvalue weighted by Gasteiger charge is -2.78. The lowest BCUT2D eigenvalue weighted by Crippen LogP contribution is -2.79. The van der Waals surface area contributed by atoms with Crippen molar-refractivity contribution in [2.24, 2.45) is 45.8 Å². The molecule has 1 aliphatic heterocycles.